The van der Waals surface area contributed by atoms with Crippen molar-refractivity contribution in [3.8, 4) is 0 Å². The van der Waals surface area contributed by atoms with Crippen LogP contribution in [0.3, 0.4) is 0 Å². The molecule has 1 atom stereocenters. The lowest BCUT2D eigenvalue weighted by atomic mass is 10.1. The molecule has 2 aromatic carbocycles. The van der Waals surface area contributed by atoms with Crippen LogP contribution in [0.4, 0.5) is 0 Å². The fourth-order valence-electron chi connectivity index (χ4n) is 1.96. The zero-order valence-electron chi connectivity index (χ0n) is 9.41. The first kappa shape index (κ1) is 10.1. The molecule has 0 N–H and O–H groups in total. The van der Waals surface area contributed by atoms with Crippen molar-refractivity contribution in [2.75, 3.05) is 6.61 Å². The zero-order chi connectivity index (χ0) is 11.5. The Hall–Kier alpha value is -2.09. The molecule has 17 heavy (non-hydrogen) atoms. The molecule has 0 spiro atoms. The standard InChI is InChI=1S/C15H13NO/c1-3-7-12(8-4-1)14-11-17-15(16-14)13-9-5-2-6-10-13/h1-10,14H,11H2/t14-/m1/s1. The van der Waals surface area contributed by atoms with Crippen LogP contribution in [0.15, 0.2) is 65.7 Å². The Morgan fingerprint density at radius 1 is 0.882 bits per heavy atom. The van der Waals surface area contributed by atoms with Gasteiger partial charge in [0.1, 0.15) is 12.6 Å². The van der Waals surface area contributed by atoms with Gasteiger partial charge in [-0.1, -0.05) is 48.5 Å². The Balaban J connectivity index is 1.87. The first-order valence-electron chi connectivity index (χ1n) is 5.74. The monoisotopic (exact) mass is 223 g/mol. The van der Waals surface area contributed by atoms with E-state index in [1.165, 1.54) is 5.56 Å². The van der Waals surface area contributed by atoms with Gasteiger partial charge in [0.15, 0.2) is 0 Å². The average Bonchev–Trinajstić information content (AvgIpc) is 2.90. The van der Waals surface area contributed by atoms with Crippen LogP contribution >= 0.6 is 0 Å². The van der Waals surface area contributed by atoms with E-state index in [2.05, 4.69) is 17.1 Å². The molecule has 2 aromatic rings. The third-order valence-electron chi connectivity index (χ3n) is 2.86. The number of aliphatic imine (C=N–C) groups is 1. The molecule has 0 radical (unpaired) electrons. The maximum Gasteiger partial charge on any atom is 0.216 e. The van der Waals surface area contributed by atoms with Crippen LogP contribution in [-0.2, 0) is 4.74 Å². The van der Waals surface area contributed by atoms with Crippen molar-refractivity contribution in [3.05, 3.63) is 71.8 Å². The van der Waals surface area contributed by atoms with Gasteiger partial charge < -0.3 is 4.74 Å². The van der Waals surface area contributed by atoms with Gasteiger partial charge in [-0.25, -0.2) is 4.99 Å². The lowest BCUT2D eigenvalue weighted by Gasteiger charge is -2.03. The van der Waals surface area contributed by atoms with Gasteiger partial charge in [0.25, 0.3) is 0 Å². The van der Waals surface area contributed by atoms with E-state index in [4.69, 9.17) is 4.74 Å². The van der Waals surface area contributed by atoms with Gasteiger partial charge in [0.05, 0.1) is 0 Å². The third-order valence-corrected chi connectivity index (χ3v) is 2.86. The van der Waals surface area contributed by atoms with Crippen LogP contribution in [0.25, 0.3) is 0 Å². The van der Waals surface area contributed by atoms with Gasteiger partial charge in [0.2, 0.25) is 5.90 Å². The minimum absolute atomic E-state index is 0.131. The summed E-state index contributed by atoms with van der Waals surface area (Å²) in [5.74, 6) is 0.749. The predicted molar refractivity (Wildman–Crippen MR) is 68.1 cm³/mol. The third kappa shape index (κ3) is 2.07. The topological polar surface area (TPSA) is 21.6 Å². The smallest absolute Gasteiger partial charge is 0.216 e. The minimum Gasteiger partial charge on any atom is -0.475 e. The van der Waals surface area contributed by atoms with Crippen LogP contribution in [0.2, 0.25) is 0 Å². The van der Waals surface area contributed by atoms with Crippen molar-refractivity contribution in [2.24, 2.45) is 4.99 Å². The van der Waals surface area contributed by atoms with E-state index in [0.29, 0.717) is 6.61 Å². The van der Waals surface area contributed by atoms with Crippen LogP contribution in [0.1, 0.15) is 17.2 Å². The van der Waals surface area contributed by atoms with Crippen LogP contribution < -0.4 is 0 Å². The Morgan fingerprint density at radius 3 is 2.24 bits per heavy atom. The molecule has 0 amide bonds. The summed E-state index contributed by atoms with van der Waals surface area (Å²) in [6, 6.07) is 20.4. The summed E-state index contributed by atoms with van der Waals surface area (Å²) in [6.07, 6.45) is 0. The fraction of sp³-hybridized carbons (Fsp3) is 0.133. The Morgan fingerprint density at radius 2 is 1.53 bits per heavy atom. The fourth-order valence-corrected chi connectivity index (χ4v) is 1.96. The molecule has 0 fully saturated rings. The summed E-state index contributed by atoms with van der Waals surface area (Å²) in [5.41, 5.74) is 2.25. The maximum absolute atomic E-state index is 5.66. The molecule has 2 nitrogen and oxygen atoms in total. The van der Waals surface area contributed by atoms with Gasteiger partial charge in [-0.2, -0.15) is 0 Å². The molecule has 1 aliphatic heterocycles. The van der Waals surface area contributed by atoms with Gasteiger partial charge >= 0.3 is 0 Å². The van der Waals surface area contributed by atoms with Crippen molar-refractivity contribution in [1.29, 1.82) is 0 Å². The number of hydrogen-bond donors (Lipinski definition) is 0. The van der Waals surface area contributed by atoms with E-state index in [-0.39, 0.29) is 6.04 Å². The highest BCUT2D eigenvalue weighted by atomic mass is 16.5. The van der Waals surface area contributed by atoms with Crippen LogP contribution in [0.5, 0.6) is 0 Å². The van der Waals surface area contributed by atoms with Gasteiger partial charge in [-0.3, -0.25) is 0 Å². The second kappa shape index (κ2) is 4.42. The molecule has 1 aliphatic rings. The number of nitrogens with zero attached hydrogens (tertiary/aromatic N) is 1. The van der Waals surface area contributed by atoms with Gasteiger partial charge in [-0.05, 0) is 17.7 Å². The molecule has 0 aliphatic carbocycles. The normalized spacial score (nSPS) is 18.6. The largest absolute Gasteiger partial charge is 0.475 e. The lowest BCUT2D eigenvalue weighted by molar-refractivity contribution is 0.320. The van der Waals surface area contributed by atoms with Crippen LogP contribution in [0, 0.1) is 0 Å². The first-order chi connectivity index (χ1) is 8.43. The molecular weight excluding hydrogens is 210 g/mol. The Kier molecular flexibility index (Phi) is 2.62. The number of ether oxygens (including phenoxy) is 1. The molecule has 0 saturated heterocycles. The number of rotatable bonds is 2. The quantitative estimate of drug-likeness (QED) is 0.766. The average molecular weight is 223 g/mol. The number of hydrogen-bond acceptors (Lipinski definition) is 2. The van der Waals surface area contributed by atoms with Crippen molar-refractivity contribution >= 4 is 5.90 Å². The van der Waals surface area contributed by atoms with Crippen molar-refractivity contribution < 1.29 is 4.74 Å². The van der Waals surface area contributed by atoms with E-state index in [1.54, 1.807) is 0 Å². The van der Waals surface area contributed by atoms with E-state index in [0.717, 1.165) is 11.5 Å². The lowest BCUT2D eigenvalue weighted by Crippen LogP contribution is -2.00. The molecule has 1 heterocycles. The van der Waals surface area contributed by atoms with Gasteiger partial charge in [0, 0.05) is 5.56 Å². The molecule has 0 bridgehead atoms. The SMILES string of the molecule is c1ccc(C2=N[C@@H](c3ccccc3)CO2)cc1. The minimum atomic E-state index is 0.131. The highest BCUT2D eigenvalue weighted by molar-refractivity contribution is 5.95. The summed E-state index contributed by atoms with van der Waals surface area (Å²) in [4.78, 5) is 4.62. The van der Waals surface area contributed by atoms with E-state index in [9.17, 15) is 0 Å². The molecule has 0 saturated carbocycles. The second-order valence-corrected chi connectivity index (χ2v) is 4.04. The van der Waals surface area contributed by atoms with Crippen LogP contribution in [-0.4, -0.2) is 12.5 Å². The van der Waals surface area contributed by atoms with Crippen molar-refractivity contribution in [2.45, 2.75) is 6.04 Å². The number of benzene rings is 2. The Bertz CT molecular complexity index is 519. The zero-order valence-corrected chi connectivity index (χ0v) is 9.41. The Labute approximate surface area is 101 Å². The summed E-state index contributed by atoms with van der Waals surface area (Å²) < 4.78 is 5.66. The highest BCUT2D eigenvalue weighted by Gasteiger charge is 2.20. The summed E-state index contributed by atoms with van der Waals surface area (Å²) in [6.45, 7) is 0.633. The van der Waals surface area contributed by atoms with Crippen molar-refractivity contribution in [3.63, 3.8) is 0 Å². The van der Waals surface area contributed by atoms with Gasteiger partial charge in [-0.15, -0.1) is 0 Å². The summed E-state index contributed by atoms with van der Waals surface area (Å²) in [5, 5.41) is 0. The van der Waals surface area contributed by atoms with E-state index < -0.39 is 0 Å². The molecular formula is C15H13NO. The second-order valence-electron chi connectivity index (χ2n) is 4.04. The molecule has 84 valence electrons. The highest BCUT2D eigenvalue weighted by Crippen LogP contribution is 2.24. The molecule has 0 unspecified atom stereocenters. The van der Waals surface area contributed by atoms with Crippen molar-refractivity contribution in [1.82, 2.24) is 0 Å². The molecule has 2 heteroatoms. The van der Waals surface area contributed by atoms with E-state index in [1.807, 2.05) is 48.5 Å². The van der Waals surface area contributed by atoms with E-state index >= 15 is 0 Å². The summed E-state index contributed by atoms with van der Waals surface area (Å²) in [7, 11) is 0. The first-order valence-corrected chi connectivity index (χ1v) is 5.74. The predicted octanol–water partition coefficient (Wildman–Crippen LogP) is 3.20. The molecule has 3 rings (SSSR count). The molecule has 0 aromatic heterocycles. The maximum atomic E-state index is 5.66. The summed E-state index contributed by atoms with van der Waals surface area (Å²) >= 11 is 0.